The van der Waals surface area contributed by atoms with Crippen LogP contribution in [0.3, 0.4) is 0 Å². The lowest BCUT2D eigenvalue weighted by Gasteiger charge is -2.26. The minimum Gasteiger partial charge on any atom is -0.508 e. The molecule has 0 spiro atoms. The number of carbonyl (C=O) groups is 1. The van der Waals surface area contributed by atoms with Crippen LogP contribution in [0, 0.1) is 12.3 Å². The molecule has 136 valence electrons. The first-order valence-corrected chi connectivity index (χ1v) is 8.77. The summed E-state index contributed by atoms with van der Waals surface area (Å²) in [7, 11) is 0. The number of amides is 1. The molecule has 1 atom stereocenters. The van der Waals surface area contributed by atoms with Crippen LogP contribution in [0.1, 0.15) is 30.9 Å². The van der Waals surface area contributed by atoms with Crippen molar-refractivity contribution in [1.82, 2.24) is 15.6 Å². The van der Waals surface area contributed by atoms with E-state index in [9.17, 15) is 14.7 Å². The standard InChI is InChI=1S/C21H19N3O3/c1-13-2-7-17(23-19(13)14-8-11-22-18(26)12-14)24-20(27)21(9-10-21)15-3-5-16(25)6-4-15/h2-7,12,17,23,25H,9-10H2,1H3,(H,22,26)(H,24,27). The lowest BCUT2D eigenvalue weighted by atomic mass is 9.94. The number of hydrogen-bond donors (Lipinski definition) is 4. The Morgan fingerprint density at radius 1 is 1.30 bits per heavy atom. The average molecular weight is 361 g/mol. The van der Waals surface area contributed by atoms with E-state index in [1.165, 1.54) is 6.07 Å². The zero-order valence-electron chi connectivity index (χ0n) is 14.8. The van der Waals surface area contributed by atoms with Gasteiger partial charge in [0.25, 0.3) is 5.56 Å². The maximum Gasteiger partial charge on any atom is 0.256 e. The number of dihydropyridines is 1. The van der Waals surface area contributed by atoms with Crippen molar-refractivity contribution >= 4 is 11.6 Å². The molecule has 4 N–H and O–H groups in total. The molecule has 2 aliphatic rings. The summed E-state index contributed by atoms with van der Waals surface area (Å²) in [6.07, 6.45) is 7.54. The molecule has 6 heteroatoms. The van der Waals surface area contributed by atoms with Gasteiger partial charge in [0.15, 0.2) is 0 Å². The number of carbonyl (C=O) groups excluding carboxylic acids is 1. The zero-order chi connectivity index (χ0) is 19.0. The first kappa shape index (κ1) is 17.0. The van der Waals surface area contributed by atoms with Gasteiger partial charge in [-0.2, -0.15) is 0 Å². The molecule has 1 aliphatic carbocycles. The number of phenols is 1. The van der Waals surface area contributed by atoms with Crippen molar-refractivity contribution in [3.05, 3.63) is 81.8 Å². The lowest BCUT2D eigenvalue weighted by molar-refractivity contribution is -0.124. The largest absolute Gasteiger partial charge is 0.508 e. The van der Waals surface area contributed by atoms with E-state index in [2.05, 4.69) is 27.9 Å². The van der Waals surface area contributed by atoms with Gasteiger partial charge in [-0.1, -0.05) is 18.2 Å². The van der Waals surface area contributed by atoms with E-state index < -0.39 is 11.6 Å². The van der Waals surface area contributed by atoms with Crippen molar-refractivity contribution in [2.45, 2.75) is 31.3 Å². The SMILES string of the molecule is CC1=C(c2c#c[nH]c(=O)c2)NC(NC(=O)C2(c3ccc(O)cc3)CC2)C=C1. The molecule has 1 aromatic carbocycles. The monoisotopic (exact) mass is 361 g/mol. The van der Waals surface area contributed by atoms with Crippen molar-refractivity contribution < 1.29 is 9.90 Å². The number of benzene rings is 1. The van der Waals surface area contributed by atoms with Gasteiger partial charge in [-0.05, 0) is 55.2 Å². The zero-order valence-corrected chi connectivity index (χ0v) is 14.8. The van der Waals surface area contributed by atoms with Crippen LogP contribution in [0.25, 0.3) is 5.70 Å². The molecule has 6 nitrogen and oxygen atoms in total. The van der Waals surface area contributed by atoms with Gasteiger partial charge in [-0.15, -0.1) is 0 Å². The molecule has 1 unspecified atom stereocenters. The van der Waals surface area contributed by atoms with Crippen molar-refractivity contribution in [1.29, 1.82) is 0 Å². The average Bonchev–Trinajstić information content (AvgIpc) is 3.46. The van der Waals surface area contributed by atoms with E-state index in [1.807, 2.05) is 19.1 Å². The maximum atomic E-state index is 12.9. The maximum absolute atomic E-state index is 12.9. The Kier molecular flexibility index (Phi) is 4.00. The summed E-state index contributed by atoms with van der Waals surface area (Å²) in [6.45, 7) is 1.92. The fourth-order valence-corrected chi connectivity index (χ4v) is 3.35. The van der Waals surface area contributed by atoms with E-state index in [-0.39, 0.29) is 17.2 Å². The quantitative estimate of drug-likeness (QED) is 0.667. The Morgan fingerprint density at radius 2 is 2.04 bits per heavy atom. The summed E-state index contributed by atoms with van der Waals surface area (Å²) in [5.41, 5.74) is 2.38. The van der Waals surface area contributed by atoms with Crippen LogP contribution in [-0.4, -0.2) is 22.2 Å². The second-order valence-corrected chi connectivity index (χ2v) is 6.94. The highest BCUT2D eigenvalue weighted by molar-refractivity contribution is 5.92. The summed E-state index contributed by atoms with van der Waals surface area (Å²) < 4.78 is 0. The Labute approximate surface area is 156 Å². The smallest absolute Gasteiger partial charge is 0.256 e. The Balaban J connectivity index is 1.51. The number of nitrogens with one attached hydrogen (secondary N) is 3. The third-order valence-corrected chi connectivity index (χ3v) is 5.05. The highest BCUT2D eigenvalue weighted by Gasteiger charge is 2.51. The van der Waals surface area contributed by atoms with E-state index in [0.29, 0.717) is 5.56 Å². The Bertz CT molecular complexity index is 998. The molecule has 2 heterocycles. The summed E-state index contributed by atoms with van der Waals surface area (Å²) in [6, 6.07) is 11.1. The number of aromatic nitrogens is 1. The van der Waals surface area contributed by atoms with E-state index >= 15 is 0 Å². The van der Waals surface area contributed by atoms with Crippen LogP contribution in [0.15, 0.2) is 52.9 Å². The van der Waals surface area contributed by atoms with Crippen molar-refractivity contribution in [3.8, 4) is 5.75 Å². The molecular formula is C21H19N3O3. The number of allylic oxidation sites excluding steroid dienone is 2. The van der Waals surface area contributed by atoms with Gasteiger partial charge in [0.05, 0.1) is 16.7 Å². The molecule has 4 rings (SSSR count). The van der Waals surface area contributed by atoms with Gasteiger partial charge >= 0.3 is 0 Å². The van der Waals surface area contributed by atoms with Crippen LogP contribution in [-0.2, 0) is 10.2 Å². The van der Waals surface area contributed by atoms with Crippen LogP contribution in [0.4, 0.5) is 0 Å². The molecule has 1 fully saturated rings. The number of hydrogen-bond acceptors (Lipinski definition) is 4. The molecule has 27 heavy (non-hydrogen) atoms. The predicted octanol–water partition coefficient (Wildman–Crippen LogP) is 1.75. The predicted molar refractivity (Wildman–Crippen MR) is 101 cm³/mol. The summed E-state index contributed by atoms with van der Waals surface area (Å²) in [5, 5.41) is 15.8. The fraction of sp³-hybridized carbons (Fsp3) is 0.238. The molecule has 0 bridgehead atoms. The number of phenolic OH excluding ortho intramolecular Hbond substituents is 1. The second-order valence-electron chi connectivity index (χ2n) is 6.94. The molecule has 1 aliphatic heterocycles. The normalized spacial score (nSPS) is 19.8. The van der Waals surface area contributed by atoms with Crippen LogP contribution < -0.4 is 16.2 Å². The van der Waals surface area contributed by atoms with Crippen LogP contribution in [0.2, 0.25) is 0 Å². The lowest BCUT2D eigenvalue weighted by Crippen LogP contribution is -2.48. The number of rotatable bonds is 4. The van der Waals surface area contributed by atoms with Crippen LogP contribution >= 0.6 is 0 Å². The van der Waals surface area contributed by atoms with Crippen LogP contribution in [0.5, 0.6) is 5.75 Å². The molecule has 2 aromatic rings. The summed E-state index contributed by atoms with van der Waals surface area (Å²) in [5.74, 6) is 0.124. The fourth-order valence-electron chi connectivity index (χ4n) is 3.35. The minimum atomic E-state index is -0.538. The van der Waals surface area contributed by atoms with E-state index in [1.54, 1.807) is 24.3 Å². The van der Waals surface area contributed by atoms with Gasteiger partial charge in [0.2, 0.25) is 5.91 Å². The van der Waals surface area contributed by atoms with E-state index in [0.717, 1.165) is 29.7 Å². The Hall–Kier alpha value is -3.46. The highest BCUT2D eigenvalue weighted by atomic mass is 16.3. The molecule has 0 radical (unpaired) electrons. The Morgan fingerprint density at radius 3 is 2.70 bits per heavy atom. The highest BCUT2D eigenvalue weighted by Crippen LogP contribution is 2.48. The number of H-pyrrole nitrogens is 1. The second kappa shape index (κ2) is 6.36. The third-order valence-electron chi connectivity index (χ3n) is 5.05. The van der Waals surface area contributed by atoms with Gasteiger partial charge < -0.3 is 15.7 Å². The van der Waals surface area contributed by atoms with E-state index in [4.69, 9.17) is 0 Å². The summed E-state index contributed by atoms with van der Waals surface area (Å²) >= 11 is 0. The third kappa shape index (κ3) is 3.20. The molecule has 1 saturated carbocycles. The van der Waals surface area contributed by atoms with Crippen molar-refractivity contribution in [3.63, 3.8) is 0 Å². The minimum absolute atomic E-state index is 0.0595. The topological polar surface area (TPSA) is 94.2 Å². The first-order valence-electron chi connectivity index (χ1n) is 8.77. The summed E-state index contributed by atoms with van der Waals surface area (Å²) in [4.78, 5) is 26.9. The van der Waals surface area contributed by atoms with Gasteiger partial charge in [0.1, 0.15) is 11.9 Å². The van der Waals surface area contributed by atoms with Crippen molar-refractivity contribution in [2.75, 3.05) is 0 Å². The van der Waals surface area contributed by atoms with Gasteiger partial charge in [-0.3, -0.25) is 14.6 Å². The number of aromatic hydroxyl groups is 1. The van der Waals surface area contributed by atoms with Gasteiger partial charge in [-0.25, -0.2) is 0 Å². The van der Waals surface area contributed by atoms with Crippen molar-refractivity contribution in [2.24, 2.45) is 0 Å². The first-order chi connectivity index (χ1) is 13.0. The molecular weight excluding hydrogens is 342 g/mol. The molecule has 0 saturated heterocycles. The molecule has 1 amide bonds. The molecule has 1 aromatic heterocycles. The number of aromatic amines is 1. The van der Waals surface area contributed by atoms with Gasteiger partial charge in [0, 0.05) is 12.3 Å².